The van der Waals surface area contributed by atoms with E-state index in [1.807, 2.05) is 34.7 Å². The molecule has 1 aliphatic rings. The molecule has 1 heterocycles. The van der Waals surface area contributed by atoms with Crippen LogP contribution in [0.3, 0.4) is 0 Å². The Morgan fingerprint density at radius 1 is 1.59 bits per heavy atom. The van der Waals surface area contributed by atoms with Crippen molar-refractivity contribution in [1.82, 2.24) is 5.32 Å². The summed E-state index contributed by atoms with van der Waals surface area (Å²) >= 11 is 2.02. The first-order valence-corrected chi connectivity index (χ1v) is 6.58. The number of hydrogen-bond acceptors (Lipinski definition) is 4. The Bertz CT molecular complexity index is 439. The largest absolute Gasteiger partial charge is 0.369 e. The number of rotatable bonds is 2. The van der Waals surface area contributed by atoms with Crippen molar-refractivity contribution >= 4 is 34.0 Å². The predicted octanol–water partition coefficient (Wildman–Crippen LogP) is 2.00. The van der Waals surface area contributed by atoms with Gasteiger partial charge in [0, 0.05) is 37.4 Å². The van der Waals surface area contributed by atoms with Crippen LogP contribution in [0.1, 0.15) is 6.92 Å². The fraction of sp³-hybridized carbons (Fsp3) is 0.455. The summed E-state index contributed by atoms with van der Waals surface area (Å²) < 4.78 is 0.691. The number of anilines is 1. The minimum atomic E-state index is -0.341. The molecular formula is C11H14IN3O2. The highest BCUT2D eigenvalue weighted by Gasteiger charge is 2.18. The molecule has 1 atom stereocenters. The molecule has 0 amide bonds. The molecule has 1 N–H and O–H groups in total. The van der Waals surface area contributed by atoms with Gasteiger partial charge in [0.25, 0.3) is 5.69 Å². The van der Waals surface area contributed by atoms with E-state index in [9.17, 15) is 10.1 Å². The zero-order valence-electron chi connectivity index (χ0n) is 9.52. The van der Waals surface area contributed by atoms with Crippen molar-refractivity contribution in [3.8, 4) is 0 Å². The van der Waals surface area contributed by atoms with E-state index in [-0.39, 0.29) is 10.6 Å². The van der Waals surface area contributed by atoms with Crippen molar-refractivity contribution in [3.05, 3.63) is 31.9 Å². The zero-order valence-corrected chi connectivity index (χ0v) is 11.7. The van der Waals surface area contributed by atoms with Gasteiger partial charge in [0.2, 0.25) is 0 Å². The molecule has 92 valence electrons. The van der Waals surface area contributed by atoms with E-state index in [1.54, 1.807) is 6.07 Å². The summed E-state index contributed by atoms with van der Waals surface area (Å²) in [7, 11) is 0. The molecule has 0 bridgehead atoms. The third-order valence-corrected chi connectivity index (χ3v) is 3.73. The molecule has 6 heteroatoms. The van der Waals surface area contributed by atoms with Crippen molar-refractivity contribution in [2.45, 2.75) is 13.0 Å². The van der Waals surface area contributed by atoms with Gasteiger partial charge in [-0.05, 0) is 41.6 Å². The average Bonchev–Trinajstić information content (AvgIpc) is 2.28. The van der Waals surface area contributed by atoms with Gasteiger partial charge in [0.15, 0.2) is 0 Å². The molecule has 0 spiro atoms. The van der Waals surface area contributed by atoms with E-state index < -0.39 is 0 Å². The first kappa shape index (κ1) is 12.6. The molecule has 1 aromatic rings. The molecule has 0 aliphatic carbocycles. The Hall–Kier alpha value is -0.890. The van der Waals surface area contributed by atoms with Gasteiger partial charge in [0.1, 0.15) is 0 Å². The lowest BCUT2D eigenvalue weighted by atomic mass is 10.2. The fourth-order valence-corrected chi connectivity index (χ4v) is 2.70. The third-order valence-electron chi connectivity index (χ3n) is 2.86. The van der Waals surface area contributed by atoms with Gasteiger partial charge in [-0.3, -0.25) is 10.1 Å². The first-order chi connectivity index (χ1) is 8.08. The van der Waals surface area contributed by atoms with E-state index >= 15 is 0 Å². The number of nitro benzene ring substituents is 1. The molecule has 1 saturated heterocycles. The van der Waals surface area contributed by atoms with Gasteiger partial charge < -0.3 is 10.2 Å². The predicted molar refractivity (Wildman–Crippen MR) is 75.5 cm³/mol. The molecule has 0 unspecified atom stereocenters. The maximum absolute atomic E-state index is 10.7. The Labute approximate surface area is 113 Å². The summed E-state index contributed by atoms with van der Waals surface area (Å²) in [4.78, 5) is 12.7. The van der Waals surface area contributed by atoms with E-state index in [0.29, 0.717) is 9.61 Å². The zero-order chi connectivity index (χ0) is 12.4. The summed E-state index contributed by atoms with van der Waals surface area (Å²) in [5.41, 5.74) is 1.24. The summed E-state index contributed by atoms with van der Waals surface area (Å²) in [5.74, 6) is 0. The topological polar surface area (TPSA) is 58.4 Å². The van der Waals surface area contributed by atoms with E-state index in [4.69, 9.17) is 0 Å². The van der Waals surface area contributed by atoms with Crippen LogP contribution in [-0.2, 0) is 0 Å². The summed E-state index contributed by atoms with van der Waals surface area (Å²) in [6, 6.07) is 5.76. The van der Waals surface area contributed by atoms with Crippen LogP contribution in [0.25, 0.3) is 0 Å². The van der Waals surface area contributed by atoms with Gasteiger partial charge in [-0.25, -0.2) is 0 Å². The van der Waals surface area contributed by atoms with Crippen molar-refractivity contribution in [2.75, 3.05) is 24.5 Å². The van der Waals surface area contributed by atoms with E-state index in [0.717, 1.165) is 25.3 Å². The number of hydrogen-bond donors (Lipinski definition) is 1. The number of nitrogens with one attached hydrogen (secondary N) is 1. The van der Waals surface area contributed by atoms with E-state index in [1.165, 1.54) is 0 Å². The van der Waals surface area contributed by atoms with Gasteiger partial charge in [0.05, 0.1) is 8.49 Å². The lowest BCUT2D eigenvalue weighted by molar-refractivity contribution is -0.385. The number of benzene rings is 1. The highest BCUT2D eigenvalue weighted by Crippen LogP contribution is 2.26. The molecule has 2 rings (SSSR count). The van der Waals surface area contributed by atoms with E-state index in [2.05, 4.69) is 17.1 Å². The lowest BCUT2D eigenvalue weighted by Gasteiger charge is -2.33. The van der Waals surface area contributed by atoms with Gasteiger partial charge in [-0.2, -0.15) is 0 Å². The maximum atomic E-state index is 10.7. The Balaban J connectivity index is 2.22. The molecule has 0 radical (unpaired) electrons. The van der Waals surface area contributed by atoms with Crippen LogP contribution in [0.4, 0.5) is 11.4 Å². The van der Waals surface area contributed by atoms with Crippen molar-refractivity contribution in [2.24, 2.45) is 0 Å². The molecular weight excluding hydrogens is 333 g/mol. The summed E-state index contributed by atoms with van der Waals surface area (Å²) in [6.07, 6.45) is 0. The molecule has 1 aliphatic heterocycles. The quantitative estimate of drug-likeness (QED) is 0.505. The third kappa shape index (κ3) is 2.86. The van der Waals surface area contributed by atoms with Crippen LogP contribution in [0, 0.1) is 13.7 Å². The monoisotopic (exact) mass is 347 g/mol. The highest BCUT2D eigenvalue weighted by molar-refractivity contribution is 14.1. The molecule has 1 fully saturated rings. The number of halogens is 1. The van der Waals surface area contributed by atoms with Crippen molar-refractivity contribution < 1.29 is 4.92 Å². The van der Waals surface area contributed by atoms with Crippen molar-refractivity contribution in [1.29, 1.82) is 0 Å². The normalized spacial score (nSPS) is 20.4. The van der Waals surface area contributed by atoms with Crippen LogP contribution < -0.4 is 10.2 Å². The standard InChI is InChI=1S/C11H14IN3O2/c1-8-7-14(5-4-13-8)9-2-3-11(15(16)17)10(12)6-9/h2-3,6,8,13H,4-5,7H2,1H3/t8-/m0/s1. The smallest absolute Gasteiger partial charge is 0.282 e. The second kappa shape index (κ2) is 5.18. The Morgan fingerprint density at radius 2 is 2.35 bits per heavy atom. The number of piperazine rings is 1. The average molecular weight is 347 g/mol. The molecule has 5 nitrogen and oxygen atoms in total. The molecule has 0 aromatic heterocycles. The van der Waals surface area contributed by atoms with Crippen molar-refractivity contribution in [3.63, 3.8) is 0 Å². The Morgan fingerprint density at radius 3 is 2.94 bits per heavy atom. The highest BCUT2D eigenvalue weighted by atomic mass is 127. The van der Waals surface area contributed by atoms with Gasteiger partial charge in [-0.1, -0.05) is 0 Å². The second-order valence-corrected chi connectivity index (χ2v) is 5.36. The first-order valence-electron chi connectivity index (χ1n) is 5.50. The minimum absolute atomic E-state index is 0.178. The summed E-state index contributed by atoms with van der Waals surface area (Å²) in [6.45, 7) is 4.98. The van der Waals surface area contributed by atoms with Gasteiger partial charge >= 0.3 is 0 Å². The molecule has 0 saturated carbocycles. The summed E-state index contributed by atoms with van der Waals surface area (Å²) in [5, 5.41) is 14.1. The molecule has 1 aromatic carbocycles. The van der Waals surface area contributed by atoms with Gasteiger partial charge in [-0.15, -0.1) is 0 Å². The van der Waals surface area contributed by atoms with Crippen LogP contribution in [0.15, 0.2) is 18.2 Å². The Kier molecular flexibility index (Phi) is 3.82. The number of nitro groups is 1. The fourth-order valence-electron chi connectivity index (χ4n) is 2.01. The van der Waals surface area contributed by atoms with Crippen LogP contribution in [-0.4, -0.2) is 30.6 Å². The number of nitrogens with zero attached hydrogens (tertiary/aromatic N) is 2. The maximum Gasteiger partial charge on any atom is 0.282 e. The van der Waals surface area contributed by atoms with Crippen LogP contribution in [0.2, 0.25) is 0 Å². The lowest BCUT2D eigenvalue weighted by Crippen LogP contribution is -2.49. The van der Waals surface area contributed by atoms with Crippen LogP contribution in [0.5, 0.6) is 0 Å². The second-order valence-electron chi connectivity index (χ2n) is 4.19. The minimum Gasteiger partial charge on any atom is -0.369 e. The SMILES string of the molecule is C[C@H]1CN(c2ccc([N+](=O)[O-])c(I)c2)CCN1. The van der Waals surface area contributed by atoms with Crippen LogP contribution >= 0.6 is 22.6 Å². The molecule has 17 heavy (non-hydrogen) atoms.